The third kappa shape index (κ3) is 2.93. The first kappa shape index (κ1) is 17.5. The highest BCUT2D eigenvalue weighted by Crippen LogP contribution is 2.41. The summed E-state index contributed by atoms with van der Waals surface area (Å²) in [6, 6.07) is 9.28. The van der Waals surface area contributed by atoms with Gasteiger partial charge in [-0.1, -0.05) is 19.3 Å². The smallest absolute Gasteiger partial charge is 0.315 e. The van der Waals surface area contributed by atoms with E-state index in [1.807, 2.05) is 0 Å². The standard InChI is InChI=1S/C18H21NO5S/c1-24-14-7-9-15(10-8-14)25(22,23)19-13-5-6-16(19)18(17(20)21)11-3-2-4-12-18/h5-10,13H,2-4,11-12H2,1H3,(H,20,21). The minimum absolute atomic E-state index is 0.0992. The van der Waals surface area contributed by atoms with Crippen LogP contribution in [0.15, 0.2) is 47.5 Å². The Morgan fingerprint density at radius 2 is 1.76 bits per heavy atom. The number of aliphatic carboxylic acids is 1. The molecule has 0 aliphatic heterocycles. The maximum Gasteiger partial charge on any atom is 0.315 e. The second kappa shape index (κ2) is 6.55. The Hall–Kier alpha value is -2.28. The molecule has 0 amide bonds. The molecular weight excluding hydrogens is 342 g/mol. The van der Waals surface area contributed by atoms with E-state index in [0.29, 0.717) is 24.3 Å². The Bertz CT molecular complexity index is 861. The lowest BCUT2D eigenvalue weighted by atomic mass is 9.72. The van der Waals surface area contributed by atoms with Crippen LogP contribution in [-0.2, 0) is 20.2 Å². The molecule has 3 rings (SSSR count). The number of nitrogens with zero attached hydrogens (tertiary/aromatic N) is 1. The molecule has 1 N–H and O–H groups in total. The molecule has 0 bridgehead atoms. The quantitative estimate of drug-likeness (QED) is 0.882. The minimum Gasteiger partial charge on any atom is -0.497 e. The highest BCUT2D eigenvalue weighted by Gasteiger charge is 2.44. The van der Waals surface area contributed by atoms with Crippen LogP contribution >= 0.6 is 0 Å². The highest BCUT2D eigenvalue weighted by atomic mass is 32.2. The molecule has 1 aromatic heterocycles. The summed E-state index contributed by atoms with van der Waals surface area (Å²) in [4.78, 5) is 12.1. The number of aromatic nitrogens is 1. The lowest BCUT2D eigenvalue weighted by Gasteiger charge is -2.34. The summed E-state index contributed by atoms with van der Waals surface area (Å²) in [6.45, 7) is 0. The Morgan fingerprint density at radius 3 is 2.32 bits per heavy atom. The van der Waals surface area contributed by atoms with E-state index in [4.69, 9.17) is 4.74 Å². The van der Waals surface area contributed by atoms with Gasteiger partial charge in [-0.05, 0) is 49.2 Å². The molecule has 1 fully saturated rings. The fourth-order valence-corrected chi connectivity index (χ4v) is 4.97. The van der Waals surface area contributed by atoms with Gasteiger partial charge in [-0.15, -0.1) is 0 Å². The van der Waals surface area contributed by atoms with Crippen LogP contribution in [-0.4, -0.2) is 30.6 Å². The van der Waals surface area contributed by atoms with Gasteiger partial charge in [0.1, 0.15) is 11.2 Å². The van der Waals surface area contributed by atoms with Crippen molar-refractivity contribution >= 4 is 16.0 Å². The molecule has 2 aromatic rings. The van der Waals surface area contributed by atoms with Crippen molar-refractivity contribution < 1.29 is 23.1 Å². The number of hydrogen-bond acceptors (Lipinski definition) is 4. The topological polar surface area (TPSA) is 85.6 Å². The first-order chi connectivity index (χ1) is 11.9. The van der Waals surface area contributed by atoms with E-state index < -0.39 is 21.4 Å². The predicted octanol–water partition coefficient (Wildman–Crippen LogP) is 3.02. The molecular formula is C18H21NO5S. The fourth-order valence-electron chi connectivity index (χ4n) is 3.54. The highest BCUT2D eigenvalue weighted by molar-refractivity contribution is 7.90. The Morgan fingerprint density at radius 1 is 1.12 bits per heavy atom. The Labute approximate surface area is 147 Å². The summed E-state index contributed by atoms with van der Waals surface area (Å²) in [5, 5.41) is 9.86. The molecule has 134 valence electrons. The van der Waals surface area contributed by atoms with Crippen molar-refractivity contribution in [2.75, 3.05) is 7.11 Å². The third-order valence-electron chi connectivity index (χ3n) is 4.94. The number of benzene rings is 1. The van der Waals surface area contributed by atoms with E-state index in [-0.39, 0.29) is 4.90 Å². The van der Waals surface area contributed by atoms with Crippen LogP contribution in [0.1, 0.15) is 37.8 Å². The zero-order valence-corrected chi connectivity index (χ0v) is 14.8. The van der Waals surface area contributed by atoms with Crippen LogP contribution < -0.4 is 4.74 Å². The van der Waals surface area contributed by atoms with Crippen LogP contribution in [0.2, 0.25) is 0 Å². The Kier molecular flexibility index (Phi) is 4.60. The van der Waals surface area contributed by atoms with Crippen LogP contribution in [0.4, 0.5) is 0 Å². The molecule has 0 unspecified atom stereocenters. The van der Waals surface area contributed by atoms with Crippen molar-refractivity contribution in [3.8, 4) is 5.75 Å². The summed E-state index contributed by atoms with van der Waals surface area (Å²) in [6.07, 6.45) is 4.85. The summed E-state index contributed by atoms with van der Waals surface area (Å²) in [7, 11) is -2.37. The second-order valence-electron chi connectivity index (χ2n) is 6.32. The molecule has 7 heteroatoms. The van der Waals surface area contributed by atoms with E-state index in [9.17, 15) is 18.3 Å². The van der Waals surface area contributed by atoms with Gasteiger partial charge in [0, 0.05) is 6.20 Å². The normalized spacial score (nSPS) is 17.2. The summed E-state index contributed by atoms with van der Waals surface area (Å²) in [5.41, 5.74) is -0.822. The molecule has 0 atom stereocenters. The largest absolute Gasteiger partial charge is 0.497 e. The van der Waals surface area contributed by atoms with Crippen LogP contribution in [0.5, 0.6) is 5.75 Å². The van der Waals surface area contributed by atoms with Crippen molar-refractivity contribution in [3.05, 3.63) is 48.3 Å². The fraction of sp³-hybridized carbons (Fsp3) is 0.389. The van der Waals surface area contributed by atoms with Gasteiger partial charge < -0.3 is 9.84 Å². The SMILES string of the molecule is COc1ccc(S(=O)(=O)n2cccc2C2(C(=O)O)CCCCC2)cc1. The van der Waals surface area contributed by atoms with Gasteiger partial charge in [0.25, 0.3) is 10.0 Å². The van der Waals surface area contributed by atoms with Crippen LogP contribution in [0.25, 0.3) is 0 Å². The van der Waals surface area contributed by atoms with Gasteiger partial charge in [-0.25, -0.2) is 12.4 Å². The number of rotatable bonds is 5. The van der Waals surface area contributed by atoms with Gasteiger partial charge in [-0.3, -0.25) is 4.79 Å². The maximum atomic E-state index is 13.1. The number of carboxylic acid groups (broad SMARTS) is 1. The third-order valence-corrected chi connectivity index (χ3v) is 6.64. The lowest BCUT2D eigenvalue weighted by Crippen LogP contribution is -2.40. The number of hydrogen-bond donors (Lipinski definition) is 1. The number of carboxylic acids is 1. The predicted molar refractivity (Wildman–Crippen MR) is 92.4 cm³/mol. The lowest BCUT2D eigenvalue weighted by molar-refractivity contribution is -0.145. The van der Waals surface area contributed by atoms with E-state index in [0.717, 1.165) is 23.2 Å². The Balaban J connectivity index is 2.09. The van der Waals surface area contributed by atoms with Gasteiger partial charge in [0.05, 0.1) is 17.7 Å². The average molecular weight is 363 g/mol. The molecule has 1 saturated carbocycles. The average Bonchev–Trinajstić information content (AvgIpc) is 3.13. The second-order valence-corrected chi connectivity index (χ2v) is 8.13. The minimum atomic E-state index is -3.87. The number of methoxy groups -OCH3 is 1. The van der Waals surface area contributed by atoms with Crippen LogP contribution in [0.3, 0.4) is 0 Å². The van der Waals surface area contributed by atoms with E-state index >= 15 is 0 Å². The van der Waals surface area contributed by atoms with Gasteiger partial charge in [0.2, 0.25) is 0 Å². The zero-order valence-electron chi connectivity index (χ0n) is 14.0. The first-order valence-electron chi connectivity index (χ1n) is 8.23. The molecule has 1 heterocycles. The van der Waals surface area contributed by atoms with Gasteiger partial charge >= 0.3 is 5.97 Å². The molecule has 0 saturated heterocycles. The zero-order chi connectivity index (χ0) is 18.1. The summed E-state index contributed by atoms with van der Waals surface area (Å²) >= 11 is 0. The molecule has 0 spiro atoms. The van der Waals surface area contributed by atoms with E-state index in [1.165, 1.54) is 25.4 Å². The molecule has 1 aromatic carbocycles. The van der Waals surface area contributed by atoms with Crippen molar-refractivity contribution in [2.45, 2.75) is 42.4 Å². The van der Waals surface area contributed by atoms with Crippen molar-refractivity contribution in [3.63, 3.8) is 0 Å². The molecule has 1 aliphatic rings. The van der Waals surface area contributed by atoms with E-state index in [2.05, 4.69) is 0 Å². The summed E-state index contributed by atoms with van der Waals surface area (Å²) < 4.78 is 32.3. The van der Waals surface area contributed by atoms with Crippen molar-refractivity contribution in [1.82, 2.24) is 3.97 Å². The number of carbonyl (C=O) groups is 1. The first-order valence-corrected chi connectivity index (χ1v) is 9.67. The summed E-state index contributed by atoms with van der Waals surface area (Å²) in [5.74, 6) is -0.405. The monoisotopic (exact) mass is 363 g/mol. The maximum absolute atomic E-state index is 13.1. The molecule has 0 radical (unpaired) electrons. The van der Waals surface area contributed by atoms with Gasteiger partial charge in [0.15, 0.2) is 0 Å². The van der Waals surface area contributed by atoms with Gasteiger partial charge in [-0.2, -0.15) is 0 Å². The molecule has 1 aliphatic carbocycles. The van der Waals surface area contributed by atoms with Crippen molar-refractivity contribution in [1.29, 1.82) is 0 Å². The van der Waals surface area contributed by atoms with Crippen molar-refractivity contribution in [2.24, 2.45) is 0 Å². The molecule has 25 heavy (non-hydrogen) atoms. The molecule has 6 nitrogen and oxygen atoms in total. The number of ether oxygens (including phenoxy) is 1. The van der Waals surface area contributed by atoms with Crippen LogP contribution in [0, 0.1) is 0 Å². The van der Waals surface area contributed by atoms with E-state index in [1.54, 1.807) is 24.3 Å².